The lowest BCUT2D eigenvalue weighted by Gasteiger charge is -2.35. The van der Waals surface area contributed by atoms with Crippen LogP contribution in [0.25, 0.3) is 0 Å². The Morgan fingerprint density at radius 2 is 1.48 bits per heavy atom. The van der Waals surface area contributed by atoms with Gasteiger partial charge in [0.05, 0.1) is 11.8 Å². The van der Waals surface area contributed by atoms with Crippen LogP contribution in [0.5, 0.6) is 0 Å². The Hall–Kier alpha value is -2.64. The van der Waals surface area contributed by atoms with Crippen LogP contribution < -0.4 is 0 Å². The topological polar surface area (TPSA) is 54.3 Å². The number of carbonyl (C=O) groups excluding carboxylic acids is 1. The number of benzene rings is 2. The van der Waals surface area contributed by atoms with Crippen LogP contribution in [0.1, 0.15) is 23.9 Å². The predicted molar refractivity (Wildman–Crippen MR) is 124 cm³/mol. The van der Waals surface area contributed by atoms with Crippen LogP contribution in [0.3, 0.4) is 0 Å². The molecule has 0 radical (unpaired) electrons. The maximum atomic E-state index is 13.1. The van der Waals surface area contributed by atoms with Gasteiger partial charge in [-0.1, -0.05) is 72.4 Å². The lowest BCUT2D eigenvalue weighted by atomic mass is 10.2. The molecular weight excluding hydrogens is 406 g/mol. The lowest BCUT2D eigenvalue weighted by molar-refractivity contribution is -0.132. The Balaban J connectivity index is 1.32. The van der Waals surface area contributed by atoms with E-state index in [4.69, 9.17) is 0 Å². The standard InChI is InChI=1S/C24H29N5OS/c1-19(31-24-26-25-20(2)29(24)18-22-11-7-4-8-12-22)23(30)28-15-13-27(14-16-28)17-21-9-5-3-6-10-21/h3-12,19H,13-18H2,1-2H3. The fourth-order valence-corrected chi connectivity index (χ4v) is 4.81. The van der Waals surface area contributed by atoms with Crippen molar-refractivity contribution in [3.8, 4) is 0 Å². The molecule has 1 amide bonds. The van der Waals surface area contributed by atoms with E-state index in [2.05, 4.69) is 56.1 Å². The molecule has 31 heavy (non-hydrogen) atoms. The first kappa shape index (κ1) is 21.6. The van der Waals surface area contributed by atoms with E-state index in [1.54, 1.807) is 0 Å². The summed E-state index contributed by atoms with van der Waals surface area (Å²) >= 11 is 1.50. The third-order valence-electron chi connectivity index (χ3n) is 5.65. The first-order valence-electron chi connectivity index (χ1n) is 10.8. The molecule has 0 aliphatic carbocycles. The van der Waals surface area contributed by atoms with Crippen molar-refractivity contribution in [2.75, 3.05) is 26.2 Å². The second-order valence-corrected chi connectivity index (χ2v) is 9.26. The summed E-state index contributed by atoms with van der Waals surface area (Å²) in [6.45, 7) is 8.93. The molecule has 7 heteroatoms. The zero-order valence-electron chi connectivity index (χ0n) is 18.1. The monoisotopic (exact) mass is 435 g/mol. The fraction of sp³-hybridized carbons (Fsp3) is 0.375. The first-order chi connectivity index (χ1) is 15.1. The van der Waals surface area contributed by atoms with E-state index >= 15 is 0 Å². The second kappa shape index (κ2) is 10.1. The molecule has 2 aromatic carbocycles. The summed E-state index contributed by atoms with van der Waals surface area (Å²) in [5, 5.41) is 9.18. The smallest absolute Gasteiger partial charge is 0.235 e. The molecule has 0 bridgehead atoms. The van der Waals surface area contributed by atoms with Gasteiger partial charge in [0.1, 0.15) is 5.82 Å². The zero-order chi connectivity index (χ0) is 21.6. The Morgan fingerprint density at radius 3 is 2.10 bits per heavy atom. The molecule has 4 rings (SSSR count). The molecule has 1 saturated heterocycles. The molecule has 1 aliphatic heterocycles. The molecule has 0 spiro atoms. The van der Waals surface area contributed by atoms with Gasteiger partial charge in [-0.25, -0.2) is 0 Å². The highest BCUT2D eigenvalue weighted by Crippen LogP contribution is 2.25. The number of thioether (sulfide) groups is 1. The van der Waals surface area contributed by atoms with Crippen molar-refractivity contribution >= 4 is 17.7 Å². The number of piperazine rings is 1. The number of aryl methyl sites for hydroxylation is 1. The quantitative estimate of drug-likeness (QED) is 0.532. The molecule has 2 heterocycles. The molecule has 162 valence electrons. The van der Waals surface area contributed by atoms with Crippen LogP contribution in [0, 0.1) is 6.92 Å². The number of hydrogen-bond acceptors (Lipinski definition) is 5. The first-order valence-corrected chi connectivity index (χ1v) is 11.6. The molecule has 1 atom stereocenters. The summed E-state index contributed by atoms with van der Waals surface area (Å²) in [5.74, 6) is 1.04. The second-order valence-electron chi connectivity index (χ2n) is 7.95. The zero-order valence-corrected chi connectivity index (χ0v) is 19.0. The van der Waals surface area contributed by atoms with Crippen LogP contribution in [-0.2, 0) is 17.9 Å². The number of aromatic nitrogens is 3. The molecule has 1 fully saturated rings. The molecule has 3 aromatic rings. The summed E-state index contributed by atoms with van der Waals surface area (Å²) in [6, 6.07) is 20.8. The third kappa shape index (κ3) is 5.54. The van der Waals surface area contributed by atoms with Crippen molar-refractivity contribution in [2.45, 2.75) is 37.3 Å². The molecule has 1 aliphatic rings. The minimum Gasteiger partial charge on any atom is -0.339 e. The van der Waals surface area contributed by atoms with E-state index in [9.17, 15) is 4.79 Å². The summed E-state index contributed by atoms with van der Waals surface area (Å²) in [4.78, 5) is 17.5. The largest absolute Gasteiger partial charge is 0.339 e. The van der Waals surface area contributed by atoms with Crippen molar-refractivity contribution in [3.63, 3.8) is 0 Å². The Morgan fingerprint density at radius 1 is 0.903 bits per heavy atom. The lowest BCUT2D eigenvalue weighted by Crippen LogP contribution is -2.50. The van der Waals surface area contributed by atoms with E-state index < -0.39 is 0 Å². The highest BCUT2D eigenvalue weighted by Gasteiger charge is 2.27. The van der Waals surface area contributed by atoms with Gasteiger partial charge in [-0.05, 0) is 25.0 Å². The summed E-state index contributed by atoms with van der Waals surface area (Å²) in [6.07, 6.45) is 0. The van der Waals surface area contributed by atoms with E-state index in [0.717, 1.165) is 43.7 Å². The van der Waals surface area contributed by atoms with Gasteiger partial charge in [-0.2, -0.15) is 0 Å². The highest BCUT2D eigenvalue weighted by atomic mass is 32.2. The van der Waals surface area contributed by atoms with Gasteiger partial charge in [0.25, 0.3) is 0 Å². The maximum Gasteiger partial charge on any atom is 0.235 e. The van der Waals surface area contributed by atoms with Crippen molar-refractivity contribution in [1.82, 2.24) is 24.6 Å². The molecular formula is C24H29N5OS. The molecule has 6 nitrogen and oxygen atoms in total. The number of hydrogen-bond donors (Lipinski definition) is 0. The van der Waals surface area contributed by atoms with Gasteiger partial charge in [-0.15, -0.1) is 10.2 Å². The van der Waals surface area contributed by atoms with Crippen molar-refractivity contribution in [3.05, 3.63) is 77.6 Å². The van der Waals surface area contributed by atoms with E-state index in [1.807, 2.05) is 43.0 Å². The minimum atomic E-state index is -0.196. The fourth-order valence-electron chi connectivity index (χ4n) is 3.83. The summed E-state index contributed by atoms with van der Waals surface area (Å²) in [7, 11) is 0. The average Bonchev–Trinajstić information content (AvgIpc) is 3.14. The molecule has 1 unspecified atom stereocenters. The van der Waals surface area contributed by atoms with Crippen molar-refractivity contribution in [2.24, 2.45) is 0 Å². The summed E-state index contributed by atoms with van der Waals surface area (Å²) in [5.41, 5.74) is 2.51. The van der Waals surface area contributed by atoms with Crippen LogP contribution in [0.4, 0.5) is 0 Å². The van der Waals surface area contributed by atoms with Crippen LogP contribution >= 0.6 is 11.8 Å². The molecule has 1 aromatic heterocycles. The molecule has 0 saturated carbocycles. The van der Waals surface area contributed by atoms with Gasteiger partial charge in [0.15, 0.2) is 5.16 Å². The number of nitrogens with zero attached hydrogens (tertiary/aromatic N) is 5. The Bertz CT molecular complexity index is 984. The van der Waals surface area contributed by atoms with Crippen molar-refractivity contribution < 1.29 is 4.79 Å². The van der Waals surface area contributed by atoms with Crippen LogP contribution in [0.15, 0.2) is 65.8 Å². The SMILES string of the molecule is Cc1nnc(SC(C)C(=O)N2CCN(Cc3ccccc3)CC2)n1Cc1ccccc1. The maximum absolute atomic E-state index is 13.1. The van der Waals surface area contributed by atoms with Crippen molar-refractivity contribution in [1.29, 1.82) is 0 Å². The van der Waals surface area contributed by atoms with E-state index in [0.29, 0.717) is 6.54 Å². The third-order valence-corrected chi connectivity index (χ3v) is 6.72. The van der Waals surface area contributed by atoms with Gasteiger partial charge >= 0.3 is 0 Å². The molecule has 0 N–H and O–H groups in total. The summed E-state index contributed by atoms with van der Waals surface area (Å²) < 4.78 is 2.08. The average molecular weight is 436 g/mol. The normalized spacial score (nSPS) is 15.7. The van der Waals surface area contributed by atoms with Gasteiger partial charge < -0.3 is 9.47 Å². The number of amides is 1. The highest BCUT2D eigenvalue weighted by molar-refractivity contribution is 8.00. The van der Waals surface area contributed by atoms with Gasteiger partial charge in [-0.3, -0.25) is 9.69 Å². The number of carbonyl (C=O) groups is 1. The Kier molecular flexibility index (Phi) is 7.04. The van der Waals surface area contributed by atoms with Crippen LogP contribution in [-0.4, -0.2) is 61.9 Å². The van der Waals surface area contributed by atoms with E-state index in [-0.39, 0.29) is 11.2 Å². The minimum absolute atomic E-state index is 0.177. The van der Waals surface area contributed by atoms with Gasteiger partial charge in [0, 0.05) is 32.7 Å². The Labute approximate surface area is 188 Å². The van der Waals surface area contributed by atoms with Gasteiger partial charge in [0.2, 0.25) is 5.91 Å². The van der Waals surface area contributed by atoms with E-state index in [1.165, 1.54) is 22.9 Å². The number of rotatable bonds is 7. The van der Waals surface area contributed by atoms with Crippen LogP contribution in [0.2, 0.25) is 0 Å². The predicted octanol–water partition coefficient (Wildman–Crippen LogP) is 3.46.